The van der Waals surface area contributed by atoms with Gasteiger partial charge in [-0.2, -0.15) is 0 Å². The minimum absolute atomic E-state index is 0.0631. The average Bonchev–Trinajstić information content (AvgIpc) is 2.84. The third-order valence-corrected chi connectivity index (χ3v) is 6.31. The number of hydrogen-bond donors (Lipinski definition) is 2. The van der Waals surface area contributed by atoms with Crippen LogP contribution in [0.2, 0.25) is 0 Å². The first-order valence-electron chi connectivity index (χ1n) is 13.5. The number of esters is 1. The Balaban J connectivity index is 2.00. The number of rotatable bonds is 10. The second-order valence-electron chi connectivity index (χ2n) is 11.1. The SMILES string of the molecule is CCCN1C(=O)NC(c2cccc(NC(=O)CC(C)CC(C)(C)C)c2)C(C(=O)OCC)=C1c1ccccc1. The van der Waals surface area contributed by atoms with Gasteiger partial charge in [0.15, 0.2) is 0 Å². The van der Waals surface area contributed by atoms with Crippen LogP contribution in [0.4, 0.5) is 10.5 Å². The zero-order valence-corrected chi connectivity index (χ0v) is 23.5. The first-order chi connectivity index (χ1) is 18.0. The predicted molar refractivity (Wildman–Crippen MR) is 151 cm³/mol. The lowest BCUT2D eigenvalue weighted by atomic mass is 9.84. The number of nitrogens with one attached hydrogen (secondary N) is 2. The standard InChI is InChI=1S/C31H41N3O4/c1-7-17-34-28(22-13-10-9-11-14-22)26(29(36)38-8-2)27(33-30(34)37)23-15-12-16-24(19-23)32-25(35)18-21(3)20-31(4,5)6/h9-16,19,21,27H,7-8,17-18,20H2,1-6H3,(H,32,35)(H,33,37). The van der Waals surface area contributed by atoms with Crippen LogP contribution in [0, 0.1) is 11.3 Å². The van der Waals surface area contributed by atoms with E-state index in [2.05, 4.69) is 38.3 Å². The number of anilines is 1. The lowest BCUT2D eigenvalue weighted by molar-refractivity contribution is -0.139. The fourth-order valence-electron chi connectivity index (χ4n) is 5.12. The van der Waals surface area contributed by atoms with Crippen molar-refractivity contribution >= 4 is 29.3 Å². The van der Waals surface area contributed by atoms with Crippen molar-refractivity contribution < 1.29 is 19.1 Å². The van der Waals surface area contributed by atoms with E-state index in [1.165, 1.54) is 0 Å². The van der Waals surface area contributed by atoms with Crippen LogP contribution >= 0.6 is 0 Å². The van der Waals surface area contributed by atoms with Crippen molar-refractivity contribution in [1.29, 1.82) is 0 Å². The van der Waals surface area contributed by atoms with Gasteiger partial charge in [-0.3, -0.25) is 9.69 Å². The van der Waals surface area contributed by atoms with Crippen molar-refractivity contribution in [2.75, 3.05) is 18.5 Å². The summed E-state index contributed by atoms with van der Waals surface area (Å²) in [5.74, 6) is -0.304. The summed E-state index contributed by atoms with van der Waals surface area (Å²) in [6, 6.07) is 15.7. The number of carbonyl (C=O) groups is 3. The molecule has 7 nitrogen and oxygen atoms in total. The highest BCUT2D eigenvalue weighted by atomic mass is 16.5. The van der Waals surface area contributed by atoms with Gasteiger partial charge >= 0.3 is 12.0 Å². The maximum Gasteiger partial charge on any atom is 0.338 e. The van der Waals surface area contributed by atoms with E-state index in [1.54, 1.807) is 11.8 Å². The van der Waals surface area contributed by atoms with Gasteiger partial charge in [0.2, 0.25) is 5.91 Å². The number of benzene rings is 2. The molecule has 2 unspecified atom stereocenters. The van der Waals surface area contributed by atoms with E-state index >= 15 is 0 Å². The highest BCUT2D eigenvalue weighted by Gasteiger charge is 2.38. The Morgan fingerprint density at radius 3 is 2.42 bits per heavy atom. The smallest absolute Gasteiger partial charge is 0.338 e. The van der Waals surface area contributed by atoms with Gasteiger partial charge in [0, 0.05) is 18.7 Å². The summed E-state index contributed by atoms with van der Waals surface area (Å²) in [4.78, 5) is 41.1. The van der Waals surface area contributed by atoms with Crippen molar-refractivity contribution in [3.63, 3.8) is 0 Å². The van der Waals surface area contributed by atoms with Crippen LogP contribution in [0.1, 0.15) is 78.0 Å². The number of carbonyl (C=O) groups excluding carboxylic acids is 3. The Hall–Kier alpha value is -3.61. The Bertz CT molecular complexity index is 1170. The first kappa shape index (κ1) is 29.0. The molecule has 1 heterocycles. The first-order valence-corrected chi connectivity index (χ1v) is 13.5. The molecule has 2 aromatic rings. The normalized spacial score (nSPS) is 16.6. The number of nitrogens with zero attached hydrogens (tertiary/aromatic N) is 1. The van der Waals surface area contributed by atoms with Gasteiger partial charge in [0.1, 0.15) is 0 Å². The summed E-state index contributed by atoms with van der Waals surface area (Å²) in [7, 11) is 0. The minimum atomic E-state index is -0.735. The Kier molecular flexibility index (Phi) is 9.72. The van der Waals surface area contributed by atoms with E-state index in [0.29, 0.717) is 35.5 Å². The summed E-state index contributed by atoms with van der Waals surface area (Å²) < 4.78 is 5.48. The zero-order chi connectivity index (χ0) is 27.9. The van der Waals surface area contributed by atoms with Gasteiger partial charge in [-0.25, -0.2) is 9.59 Å². The third kappa shape index (κ3) is 7.46. The molecule has 2 N–H and O–H groups in total. The van der Waals surface area contributed by atoms with Gasteiger partial charge in [-0.1, -0.05) is 77.1 Å². The fourth-order valence-corrected chi connectivity index (χ4v) is 5.12. The average molecular weight is 520 g/mol. The van der Waals surface area contributed by atoms with Gasteiger partial charge in [0.25, 0.3) is 0 Å². The molecule has 1 aliphatic heterocycles. The van der Waals surface area contributed by atoms with Gasteiger partial charge < -0.3 is 15.4 Å². The van der Waals surface area contributed by atoms with Gasteiger partial charge in [-0.05, 0) is 54.4 Å². The lowest BCUT2D eigenvalue weighted by Gasteiger charge is -2.37. The van der Waals surface area contributed by atoms with E-state index < -0.39 is 12.0 Å². The van der Waals surface area contributed by atoms with Crippen molar-refractivity contribution in [2.45, 2.75) is 66.8 Å². The second kappa shape index (κ2) is 12.8. The molecule has 0 spiro atoms. The molecule has 0 saturated heterocycles. The molecule has 7 heteroatoms. The third-order valence-electron chi connectivity index (χ3n) is 6.31. The van der Waals surface area contributed by atoms with Crippen molar-refractivity contribution in [1.82, 2.24) is 10.2 Å². The monoisotopic (exact) mass is 519 g/mol. The maximum atomic E-state index is 13.4. The van der Waals surface area contributed by atoms with Crippen LogP contribution < -0.4 is 10.6 Å². The molecule has 0 saturated carbocycles. The molecule has 3 rings (SSSR count). The molecule has 38 heavy (non-hydrogen) atoms. The van der Waals surface area contributed by atoms with E-state index in [4.69, 9.17) is 4.74 Å². The minimum Gasteiger partial charge on any atom is -0.463 e. The summed E-state index contributed by atoms with van der Waals surface area (Å²) in [6.07, 6.45) is 2.08. The Morgan fingerprint density at radius 2 is 1.79 bits per heavy atom. The molecule has 0 fully saturated rings. The molecular weight excluding hydrogens is 478 g/mol. The van der Waals surface area contributed by atoms with Crippen LogP contribution in [-0.4, -0.2) is 36.0 Å². The fraction of sp³-hybridized carbons (Fsp3) is 0.452. The van der Waals surface area contributed by atoms with Crippen molar-refractivity contribution in [3.8, 4) is 0 Å². The number of ether oxygens (including phenoxy) is 1. The van der Waals surface area contributed by atoms with E-state index in [0.717, 1.165) is 18.4 Å². The van der Waals surface area contributed by atoms with Gasteiger partial charge in [0.05, 0.1) is 23.9 Å². The van der Waals surface area contributed by atoms with Crippen LogP contribution in [0.15, 0.2) is 60.2 Å². The number of urea groups is 1. The summed E-state index contributed by atoms with van der Waals surface area (Å²) in [5.41, 5.74) is 3.13. The summed E-state index contributed by atoms with van der Waals surface area (Å²) >= 11 is 0. The zero-order valence-electron chi connectivity index (χ0n) is 23.5. The number of hydrogen-bond acceptors (Lipinski definition) is 4. The molecule has 0 bridgehead atoms. The lowest BCUT2D eigenvalue weighted by Crippen LogP contribution is -2.48. The summed E-state index contributed by atoms with van der Waals surface area (Å²) in [5, 5.41) is 6.01. The highest BCUT2D eigenvalue weighted by molar-refractivity contribution is 6.04. The molecular formula is C31H41N3O4. The predicted octanol–water partition coefficient (Wildman–Crippen LogP) is 6.54. The van der Waals surface area contributed by atoms with Crippen molar-refractivity contribution in [3.05, 3.63) is 71.3 Å². The van der Waals surface area contributed by atoms with Crippen LogP contribution in [0.3, 0.4) is 0 Å². The molecule has 0 aromatic heterocycles. The molecule has 2 aromatic carbocycles. The second-order valence-corrected chi connectivity index (χ2v) is 11.1. The van der Waals surface area contributed by atoms with Crippen LogP contribution in [0.25, 0.3) is 5.70 Å². The van der Waals surface area contributed by atoms with Gasteiger partial charge in [-0.15, -0.1) is 0 Å². The maximum absolute atomic E-state index is 13.4. The Labute approximate surface area is 226 Å². The quantitative estimate of drug-likeness (QED) is 0.349. The Morgan fingerprint density at radius 1 is 1.08 bits per heavy atom. The summed E-state index contributed by atoms with van der Waals surface area (Å²) in [6.45, 7) is 13.0. The molecule has 2 atom stereocenters. The number of amides is 3. The van der Waals surface area contributed by atoms with E-state index in [1.807, 2.05) is 61.5 Å². The van der Waals surface area contributed by atoms with E-state index in [9.17, 15) is 14.4 Å². The van der Waals surface area contributed by atoms with E-state index in [-0.39, 0.29) is 29.9 Å². The molecule has 204 valence electrons. The molecule has 0 radical (unpaired) electrons. The van der Waals surface area contributed by atoms with Crippen LogP contribution in [-0.2, 0) is 14.3 Å². The molecule has 1 aliphatic rings. The topological polar surface area (TPSA) is 87.7 Å². The largest absolute Gasteiger partial charge is 0.463 e. The van der Waals surface area contributed by atoms with Crippen LogP contribution in [0.5, 0.6) is 0 Å². The molecule has 0 aliphatic carbocycles. The molecule has 3 amide bonds. The highest BCUT2D eigenvalue weighted by Crippen LogP contribution is 2.37. The van der Waals surface area contributed by atoms with Crippen molar-refractivity contribution in [2.24, 2.45) is 11.3 Å².